The average Bonchev–Trinajstić information content (AvgIpc) is 1.37. The SMILES string of the molecule is CCCCCCCOC(=O)c1ccc(OC(=O)c2ccc(OC(=O)c3ccc(C(=O)Oc4ccc(C(=O)Oc5ccc(C(=O)OCCCCCCC)cc5)cc4)c(C(=O)Oc4ccc(C(=O)Oc5ccc(C(=O)OCCCCCCC)cc5)cc4)c3)cc2)cc1. The first kappa shape index (κ1) is 67.3. The summed E-state index contributed by atoms with van der Waals surface area (Å²) < 4.78 is 49.5. The number of hydrogen-bond acceptors (Lipinski definition) is 18. The van der Waals surface area contributed by atoms with Crippen molar-refractivity contribution in [1.82, 2.24) is 0 Å². The Hall–Kier alpha value is -10.2. The molecule has 0 atom stereocenters. The molecule has 0 fully saturated rings. The summed E-state index contributed by atoms with van der Waals surface area (Å²) in [5.74, 6) is -6.45. The molecule has 468 valence electrons. The number of esters is 9. The Morgan fingerprint density at radius 2 is 0.433 bits per heavy atom. The van der Waals surface area contributed by atoms with Gasteiger partial charge in [0.1, 0.15) is 34.5 Å². The fraction of sp³-hybridized carbons (Fsp3) is 0.292. The summed E-state index contributed by atoms with van der Waals surface area (Å²) in [4.78, 5) is 119. The number of benzene rings is 7. The Bertz CT molecular complexity index is 3540. The third-order valence-electron chi connectivity index (χ3n) is 13.9. The third-order valence-corrected chi connectivity index (χ3v) is 13.9. The normalized spacial score (nSPS) is 10.7. The largest absolute Gasteiger partial charge is 0.462 e. The highest BCUT2D eigenvalue weighted by molar-refractivity contribution is 6.07. The molecule has 7 rings (SSSR count). The van der Waals surface area contributed by atoms with E-state index in [2.05, 4.69) is 20.8 Å². The predicted molar refractivity (Wildman–Crippen MR) is 332 cm³/mol. The molecular weight excluding hydrogens is 1150 g/mol. The molecule has 18 nitrogen and oxygen atoms in total. The lowest BCUT2D eigenvalue weighted by Crippen LogP contribution is -2.19. The van der Waals surface area contributed by atoms with Gasteiger partial charge < -0.3 is 42.6 Å². The first-order chi connectivity index (χ1) is 43.7. The van der Waals surface area contributed by atoms with Crippen LogP contribution in [0.5, 0.6) is 34.5 Å². The van der Waals surface area contributed by atoms with Crippen LogP contribution in [0, 0.1) is 0 Å². The average molecular weight is 1230 g/mol. The summed E-state index contributed by atoms with van der Waals surface area (Å²) in [5.41, 5.74) is 0.192. The van der Waals surface area contributed by atoms with Crippen LogP contribution in [0.4, 0.5) is 0 Å². The van der Waals surface area contributed by atoms with Crippen molar-refractivity contribution in [2.24, 2.45) is 0 Å². The van der Waals surface area contributed by atoms with Crippen LogP contribution in [0.25, 0.3) is 0 Å². The van der Waals surface area contributed by atoms with Crippen LogP contribution < -0.4 is 28.4 Å². The molecule has 0 aromatic heterocycles. The molecule has 0 aliphatic rings. The van der Waals surface area contributed by atoms with Gasteiger partial charge in [0.15, 0.2) is 0 Å². The van der Waals surface area contributed by atoms with Crippen LogP contribution in [0.3, 0.4) is 0 Å². The Morgan fingerprint density at radius 1 is 0.222 bits per heavy atom. The van der Waals surface area contributed by atoms with Crippen LogP contribution in [-0.4, -0.2) is 73.5 Å². The van der Waals surface area contributed by atoms with Crippen molar-refractivity contribution in [1.29, 1.82) is 0 Å². The van der Waals surface area contributed by atoms with Gasteiger partial charge in [-0.1, -0.05) is 97.8 Å². The van der Waals surface area contributed by atoms with Crippen LogP contribution in [-0.2, 0) is 14.2 Å². The summed E-state index contributed by atoms with van der Waals surface area (Å²) in [6.45, 7) is 7.30. The maximum absolute atomic E-state index is 14.1. The van der Waals surface area contributed by atoms with Gasteiger partial charge in [-0.15, -0.1) is 0 Å². The first-order valence-corrected chi connectivity index (χ1v) is 30.3. The molecule has 90 heavy (non-hydrogen) atoms. The number of ether oxygens (including phenoxy) is 9. The number of rotatable bonds is 33. The maximum Gasteiger partial charge on any atom is 0.344 e. The molecule has 7 aromatic rings. The van der Waals surface area contributed by atoms with E-state index in [0.717, 1.165) is 108 Å². The van der Waals surface area contributed by atoms with E-state index in [9.17, 15) is 43.2 Å². The lowest BCUT2D eigenvalue weighted by molar-refractivity contribution is 0.0488. The zero-order chi connectivity index (χ0) is 64.0. The van der Waals surface area contributed by atoms with Crippen LogP contribution in [0.2, 0.25) is 0 Å². The second kappa shape index (κ2) is 35.5. The minimum absolute atomic E-state index is 0.00226. The molecule has 0 N–H and O–H groups in total. The first-order valence-electron chi connectivity index (χ1n) is 30.3. The molecule has 7 aromatic carbocycles. The van der Waals surface area contributed by atoms with Gasteiger partial charge in [-0.2, -0.15) is 0 Å². The van der Waals surface area contributed by atoms with E-state index >= 15 is 0 Å². The molecule has 0 unspecified atom stereocenters. The molecule has 0 radical (unpaired) electrons. The summed E-state index contributed by atoms with van der Waals surface area (Å²) in [5, 5.41) is 0. The van der Waals surface area contributed by atoms with Gasteiger partial charge >= 0.3 is 53.7 Å². The van der Waals surface area contributed by atoms with Crippen molar-refractivity contribution < 1.29 is 85.8 Å². The van der Waals surface area contributed by atoms with Crippen molar-refractivity contribution >= 4 is 53.7 Å². The fourth-order valence-corrected chi connectivity index (χ4v) is 8.82. The Labute approximate surface area is 522 Å². The summed E-state index contributed by atoms with van der Waals surface area (Å²) in [7, 11) is 0. The molecule has 0 aliphatic carbocycles. The number of hydrogen-bond donors (Lipinski definition) is 0. The highest BCUT2D eigenvalue weighted by Crippen LogP contribution is 2.25. The van der Waals surface area contributed by atoms with Crippen molar-refractivity contribution in [3.05, 3.63) is 214 Å². The zero-order valence-corrected chi connectivity index (χ0v) is 50.7. The predicted octanol–water partition coefficient (Wildman–Crippen LogP) is 15.4. The van der Waals surface area contributed by atoms with E-state index in [-0.39, 0.29) is 62.3 Å². The molecular formula is C72H72O18. The highest BCUT2D eigenvalue weighted by Gasteiger charge is 2.25. The minimum atomic E-state index is -1.12. The van der Waals surface area contributed by atoms with Gasteiger partial charge in [-0.25, -0.2) is 43.2 Å². The van der Waals surface area contributed by atoms with Gasteiger partial charge in [0.25, 0.3) is 0 Å². The lowest BCUT2D eigenvalue weighted by Gasteiger charge is -2.12. The Balaban J connectivity index is 0.994. The minimum Gasteiger partial charge on any atom is -0.462 e. The standard InChI is InChI=1S/C72H72O18/c1-4-7-10-13-16-45-82-64(73)49-19-32-56(33-20-49)85-67(76)52-25-38-59(39-26-52)88-70(79)55-31-44-62(71(80)89-60-40-27-53(28-41-60)68(77)86-57-34-21-50(22-35-57)65(74)83-46-17-14-11-8-5-2)63(48-55)72(81)90-61-42-29-54(30-43-61)69(78)87-58-36-23-51(24-37-58)66(75)84-47-18-15-12-9-6-3/h19-44,48H,4-18,45-47H2,1-3H3. The lowest BCUT2D eigenvalue weighted by atomic mass is 10.0. The molecule has 0 saturated carbocycles. The van der Waals surface area contributed by atoms with Gasteiger partial charge in [0.05, 0.1) is 69.9 Å². The quantitative estimate of drug-likeness (QED) is 0.0161. The second-order valence-electron chi connectivity index (χ2n) is 20.9. The maximum atomic E-state index is 14.1. The summed E-state index contributed by atoms with van der Waals surface area (Å²) >= 11 is 0. The number of carbonyl (C=O) groups is 9. The van der Waals surface area contributed by atoms with E-state index in [1.165, 1.54) is 152 Å². The molecule has 0 spiro atoms. The van der Waals surface area contributed by atoms with E-state index in [4.69, 9.17) is 42.6 Å². The molecule has 0 aliphatic heterocycles. The fourth-order valence-electron chi connectivity index (χ4n) is 8.82. The Kier molecular flexibility index (Phi) is 26.6. The topological polar surface area (TPSA) is 237 Å². The van der Waals surface area contributed by atoms with Crippen LogP contribution >= 0.6 is 0 Å². The van der Waals surface area contributed by atoms with E-state index in [1.54, 1.807) is 0 Å². The van der Waals surface area contributed by atoms with Gasteiger partial charge in [-0.05, 0) is 183 Å². The molecule has 0 saturated heterocycles. The van der Waals surface area contributed by atoms with Gasteiger partial charge in [-0.3, -0.25) is 0 Å². The van der Waals surface area contributed by atoms with E-state index in [1.807, 2.05) is 0 Å². The third kappa shape index (κ3) is 21.3. The molecule has 0 heterocycles. The number of unbranched alkanes of at least 4 members (excludes halogenated alkanes) is 12. The molecule has 0 amide bonds. The van der Waals surface area contributed by atoms with E-state index < -0.39 is 59.3 Å². The van der Waals surface area contributed by atoms with Crippen molar-refractivity contribution in [3.63, 3.8) is 0 Å². The Morgan fingerprint density at radius 3 is 0.700 bits per heavy atom. The summed E-state index contributed by atoms with van der Waals surface area (Å²) in [6, 6.07) is 37.3. The number of carbonyl (C=O) groups excluding carboxylic acids is 9. The zero-order valence-electron chi connectivity index (χ0n) is 50.7. The van der Waals surface area contributed by atoms with Crippen molar-refractivity contribution in [3.8, 4) is 34.5 Å². The van der Waals surface area contributed by atoms with E-state index in [0.29, 0.717) is 36.5 Å². The van der Waals surface area contributed by atoms with Crippen LogP contribution in [0.1, 0.15) is 210 Å². The summed E-state index contributed by atoms with van der Waals surface area (Å²) in [6.07, 6.45) is 15.2. The molecule has 18 heteroatoms. The van der Waals surface area contributed by atoms with Crippen molar-refractivity contribution in [2.75, 3.05) is 19.8 Å². The van der Waals surface area contributed by atoms with Crippen molar-refractivity contribution in [2.45, 2.75) is 117 Å². The highest BCUT2D eigenvalue weighted by atomic mass is 16.6. The smallest absolute Gasteiger partial charge is 0.344 e. The van der Waals surface area contributed by atoms with Gasteiger partial charge in [0.2, 0.25) is 0 Å². The van der Waals surface area contributed by atoms with Gasteiger partial charge in [0, 0.05) is 0 Å². The van der Waals surface area contributed by atoms with Crippen LogP contribution in [0.15, 0.2) is 164 Å². The molecule has 0 bridgehead atoms. The second-order valence-corrected chi connectivity index (χ2v) is 20.9. The monoisotopic (exact) mass is 1220 g/mol.